The van der Waals surface area contributed by atoms with Crippen LogP contribution in [0.2, 0.25) is 0 Å². The molecule has 1 fully saturated rings. The lowest BCUT2D eigenvalue weighted by Gasteiger charge is -2.21. The molecule has 0 saturated carbocycles. The van der Waals surface area contributed by atoms with Crippen molar-refractivity contribution in [2.24, 2.45) is 10.2 Å². The second kappa shape index (κ2) is 6.56. The molecule has 3 rings (SSSR count). The van der Waals surface area contributed by atoms with Crippen molar-refractivity contribution in [3.8, 4) is 12.3 Å². The highest BCUT2D eigenvalue weighted by molar-refractivity contribution is 5.76. The van der Waals surface area contributed by atoms with Gasteiger partial charge in [0, 0.05) is 44.7 Å². The van der Waals surface area contributed by atoms with Crippen LogP contribution in [0.15, 0.2) is 16.4 Å². The second-order valence-electron chi connectivity index (χ2n) is 7.16. The summed E-state index contributed by atoms with van der Waals surface area (Å²) in [5, 5.41) is 27.1. The highest BCUT2D eigenvalue weighted by Gasteiger charge is 2.43. The van der Waals surface area contributed by atoms with Crippen molar-refractivity contribution in [1.29, 1.82) is 0 Å². The van der Waals surface area contributed by atoms with Gasteiger partial charge in [-0.25, -0.2) is 4.68 Å². The number of likely N-dealkylation sites (tertiary alicyclic amines) is 1. The van der Waals surface area contributed by atoms with Gasteiger partial charge in [-0.05, 0) is 13.8 Å². The zero-order valence-corrected chi connectivity index (χ0v) is 14.7. The quantitative estimate of drug-likeness (QED) is 0.761. The Morgan fingerprint density at radius 2 is 2.20 bits per heavy atom. The van der Waals surface area contributed by atoms with Crippen LogP contribution in [0.4, 0.5) is 0 Å². The van der Waals surface area contributed by atoms with Crippen molar-refractivity contribution in [1.82, 2.24) is 19.9 Å². The summed E-state index contributed by atoms with van der Waals surface area (Å²) in [6.07, 6.45) is 9.73. The highest BCUT2D eigenvalue weighted by Crippen LogP contribution is 2.38. The lowest BCUT2D eigenvalue weighted by atomic mass is 10.00. The van der Waals surface area contributed by atoms with E-state index in [0.717, 1.165) is 0 Å². The largest absolute Gasteiger partial charge is 0.381 e. The average Bonchev–Trinajstić information content (AvgIpc) is 3.00. The van der Waals surface area contributed by atoms with E-state index >= 15 is 0 Å². The Morgan fingerprint density at radius 3 is 2.80 bits per heavy atom. The monoisotopic (exact) mass is 344 g/mol. The normalized spacial score (nSPS) is 23.9. The molecule has 1 unspecified atom stereocenters. The van der Waals surface area contributed by atoms with E-state index in [-0.39, 0.29) is 18.5 Å². The van der Waals surface area contributed by atoms with E-state index in [0.29, 0.717) is 44.3 Å². The van der Waals surface area contributed by atoms with Gasteiger partial charge in [-0.2, -0.15) is 10.2 Å². The number of terminal acetylenes is 1. The third-order valence-corrected chi connectivity index (χ3v) is 4.91. The van der Waals surface area contributed by atoms with Crippen molar-refractivity contribution in [2.75, 3.05) is 13.1 Å². The van der Waals surface area contributed by atoms with Gasteiger partial charge in [-0.1, -0.05) is 5.21 Å². The van der Waals surface area contributed by atoms with E-state index in [4.69, 9.17) is 6.42 Å². The fourth-order valence-electron chi connectivity index (χ4n) is 3.09. The summed E-state index contributed by atoms with van der Waals surface area (Å²) in [6, 6.07) is 0.175. The van der Waals surface area contributed by atoms with Crippen molar-refractivity contribution in [3.05, 3.63) is 11.9 Å². The molecule has 25 heavy (non-hydrogen) atoms. The molecule has 0 aromatic carbocycles. The fraction of sp³-hybridized carbons (Fsp3) is 0.706. The maximum Gasteiger partial charge on any atom is 0.222 e. The van der Waals surface area contributed by atoms with Crippen molar-refractivity contribution < 1.29 is 9.90 Å². The second-order valence-corrected chi connectivity index (χ2v) is 7.16. The van der Waals surface area contributed by atoms with Gasteiger partial charge in [-0.15, -0.1) is 17.4 Å². The van der Waals surface area contributed by atoms with Gasteiger partial charge in [0.25, 0.3) is 0 Å². The minimum Gasteiger partial charge on any atom is -0.381 e. The Morgan fingerprint density at radius 1 is 1.44 bits per heavy atom. The summed E-state index contributed by atoms with van der Waals surface area (Å²) in [7, 11) is 0. The number of hydrogen-bond donors (Lipinski definition) is 1. The van der Waals surface area contributed by atoms with Gasteiger partial charge in [-0.3, -0.25) is 4.79 Å². The van der Waals surface area contributed by atoms with Crippen LogP contribution in [0, 0.1) is 12.3 Å². The summed E-state index contributed by atoms with van der Waals surface area (Å²) in [4.78, 5) is 14.2. The first-order valence-corrected chi connectivity index (χ1v) is 8.67. The molecule has 8 heteroatoms. The molecule has 1 aromatic heterocycles. The SMILES string of the molecule is C#CCCC1(CCC(=O)N2CCC(O)(c3cn(C(C)C)nn3)C2)N=N1. The lowest BCUT2D eigenvalue weighted by Crippen LogP contribution is -2.35. The summed E-state index contributed by atoms with van der Waals surface area (Å²) in [6.45, 7) is 4.75. The third-order valence-electron chi connectivity index (χ3n) is 4.91. The van der Waals surface area contributed by atoms with Gasteiger partial charge >= 0.3 is 0 Å². The fourth-order valence-corrected chi connectivity index (χ4v) is 3.09. The molecular formula is C17H24N6O2. The van der Waals surface area contributed by atoms with Gasteiger partial charge in [0.15, 0.2) is 5.66 Å². The number of amides is 1. The molecule has 0 spiro atoms. The number of aliphatic hydroxyl groups is 1. The molecule has 2 aliphatic heterocycles. The average molecular weight is 344 g/mol. The van der Waals surface area contributed by atoms with Gasteiger partial charge < -0.3 is 10.0 Å². The van der Waals surface area contributed by atoms with Crippen LogP contribution < -0.4 is 0 Å². The third kappa shape index (κ3) is 3.71. The summed E-state index contributed by atoms with van der Waals surface area (Å²) >= 11 is 0. The molecule has 3 heterocycles. The molecule has 2 aliphatic rings. The Labute approximate surface area is 147 Å². The van der Waals surface area contributed by atoms with Gasteiger partial charge in [0.05, 0.1) is 12.7 Å². The molecule has 1 N–H and O–H groups in total. The Kier molecular flexibility index (Phi) is 4.60. The topological polar surface area (TPSA) is 96.0 Å². The van der Waals surface area contributed by atoms with Crippen LogP contribution in [0.5, 0.6) is 0 Å². The first kappa shape index (κ1) is 17.5. The van der Waals surface area contributed by atoms with E-state index in [9.17, 15) is 9.90 Å². The maximum absolute atomic E-state index is 12.5. The molecule has 0 radical (unpaired) electrons. The zero-order valence-electron chi connectivity index (χ0n) is 14.7. The van der Waals surface area contributed by atoms with Crippen molar-refractivity contribution in [2.45, 2.75) is 63.3 Å². The summed E-state index contributed by atoms with van der Waals surface area (Å²) in [5.41, 5.74) is -1.05. The van der Waals surface area contributed by atoms with E-state index in [1.54, 1.807) is 15.8 Å². The number of carbonyl (C=O) groups excluding carboxylic acids is 1. The molecule has 1 saturated heterocycles. The summed E-state index contributed by atoms with van der Waals surface area (Å²) in [5.74, 6) is 2.59. The number of β-amino-alcohol motifs (C(OH)–C–C–N with tert-alkyl or cyclic N) is 1. The van der Waals surface area contributed by atoms with E-state index in [2.05, 4.69) is 26.5 Å². The number of rotatable bonds is 7. The predicted octanol–water partition coefficient (Wildman–Crippen LogP) is 1.63. The summed E-state index contributed by atoms with van der Waals surface area (Å²) < 4.78 is 1.71. The number of aromatic nitrogens is 3. The smallest absolute Gasteiger partial charge is 0.222 e. The standard InChI is InChI=1S/C17H24N6O2/c1-4-5-7-17(19-20-17)8-6-15(24)22-10-9-16(25,12-22)14-11-23(13(2)3)21-18-14/h1,11,13,25H,5-10,12H2,2-3H3. The first-order chi connectivity index (χ1) is 11.9. The first-order valence-electron chi connectivity index (χ1n) is 8.67. The minimum atomic E-state index is -1.13. The molecule has 1 amide bonds. The molecule has 0 bridgehead atoms. The van der Waals surface area contributed by atoms with Crippen LogP contribution in [-0.4, -0.2) is 49.7 Å². The number of hydrogen-bond acceptors (Lipinski definition) is 6. The van der Waals surface area contributed by atoms with Gasteiger partial charge in [0.1, 0.15) is 11.3 Å². The van der Waals surface area contributed by atoms with Crippen LogP contribution in [0.25, 0.3) is 0 Å². The van der Waals surface area contributed by atoms with Crippen LogP contribution in [0.1, 0.15) is 57.7 Å². The van der Waals surface area contributed by atoms with E-state index < -0.39 is 11.3 Å². The molecule has 8 nitrogen and oxygen atoms in total. The molecule has 134 valence electrons. The number of nitrogens with zero attached hydrogens (tertiary/aromatic N) is 6. The number of carbonyl (C=O) groups is 1. The van der Waals surface area contributed by atoms with Crippen LogP contribution in [0.3, 0.4) is 0 Å². The Bertz CT molecular complexity index is 713. The minimum absolute atomic E-state index is 0.00422. The molecule has 1 aromatic rings. The van der Waals surface area contributed by atoms with E-state index in [1.165, 1.54) is 0 Å². The van der Waals surface area contributed by atoms with E-state index in [1.807, 2.05) is 13.8 Å². The molecule has 1 atom stereocenters. The van der Waals surface area contributed by atoms with Gasteiger partial charge in [0.2, 0.25) is 5.91 Å². The van der Waals surface area contributed by atoms with Crippen molar-refractivity contribution >= 4 is 5.91 Å². The Balaban J connectivity index is 1.55. The molecular weight excluding hydrogens is 320 g/mol. The maximum atomic E-state index is 12.5. The predicted molar refractivity (Wildman–Crippen MR) is 90.4 cm³/mol. The Hall–Kier alpha value is -2.27. The van der Waals surface area contributed by atoms with Crippen LogP contribution in [-0.2, 0) is 10.4 Å². The molecule has 0 aliphatic carbocycles. The van der Waals surface area contributed by atoms with Crippen molar-refractivity contribution in [3.63, 3.8) is 0 Å². The lowest BCUT2D eigenvalue weighted by molar-refractivity contribution is -0.131. The zero-order chi connectivity index (χ0) is 18.1. The van der Waals surface area contributed by atoms with Crippen LogP contribution >= 0.6 is 0 Å². The highest BCUT2D eigenvalue weighted by atomic mass is 16.3.